The van der Waals surface area contributed by atoms with Crippen LogP contribution in [0.5, 0.6) is 0 Å². The van der Waals surface area contributed by atoms with Crippen molar-refractivity contribution >= 4 is 0 Å². The minimum absolute atomic E-state index is 0.0638. The number of rotatable bonds is 6. The summed E-state index contributed by atoms with van der Waals surface area (Å²) in [5.74, 6) is 0.696. The van der Waals surface area contributed by atoms with Crippen molar-refractivity contribution in [1.29, 1.82) is 0 Å². The van der Waals surface area contributed by atoms with Gasteiger partial charge < -0.3 is 10.4 Å². The minimum atomic E-state index is 0.0638. The normalized spacial score (nSPS) is 19.2. The highest BCUT2D eigenvalue weighted by Crippen LogP contribution is 2.49. The van der Waals surface area contributed by atoms with E-state index in [2.05, 4.69) is 43.4 Å². The fourth-order valence-corrected chi connectivity index (χ4v) is 3.31. The molecule has 0 radical (unpaired) electrons. The Morgan fingerprint density at radius 1 is 1.21 bits per heavy atom. The zero-order valence-electron chi connectivity index (χ0n) is 12.4. The molecule has 1 aliphatic rings. The Kier molecular flexibility index (Phi) is 4.64. The van der Waals surface area contributed by atoms with Crippen LogP contribution >= 0.6 is 0 Å². The van der Waals surface area contributed by atoms with Crippen molar-refractivity contribution in [3.8, 4) is 0 Å². The highest BCUT2D eigenvalue weighted by molar-refractivity contribution is 5.27. The molecule has 0 aromatic heterocycles. The molecule has 0 heterocycles. The van der Waals surface area contributed by atoms with Crippen LogP contribution in [0.2, 0.25) is 0 Å². The molecule has 1 aliphatic carbocycles. The van der Waals surface area contributed by atoms with Crippen LogP contribution in [0.3, 0.4) is 0 Å². The molecular formula is C17H27NO. The van der Waals surface area contributed by atoms with Gasteiger partial charge in [-0.2, -0.15) is 0 Å². The first-order valence-electron chi connectivity index (χ1n) is 7.48. The fraction of sp³-hybridized carbons (Fsp3) is 0.647. The van der Waals surface area contributed by atoms with E-state index < -0.39 is 0 Å². The summed E-state index contributed by atoms with van der Waals surface area (Å²) >= 11 is 0. The van der Waals surface area contributed by atoms with Gasteiger partial charge in [0, 0.05) is 11.5 Å². The lowest BCUT2D eigenvalue weighted by molar-refractivity contribution is 0.00783. The fourth-order valence-electron chi connectivity index (χ4n) is 3.31. The molecule has 106 valence electrons. The van der Waals surface area contributed by atoms with Crippen LogP contribution in [-0.4, -0.2) is 18.8 Å². The third-order valence-corrected chi connectivity index (χ3v) is 4.52. The summed E-state index contributed by atoms with van der Waals surface area (Å²) in [6.45, 7) is 4.78. The van der Waals surface area contributed by atoms with E-state index in [-0.39, 0.29) is 18.1 Å². The Morgan fingerprint density at radius 2 is 1.84 bits per heavy atom. The largest absolute Gasteiger partial charge is 0.396 e. The molecule has 2 N–H and O–H groups in total. The first-order valence-corrected chi connectivity index (χ1v) is 7.48. The monoisotopic (exact) mass is 261 g/mol. The van der Waals surface area contributed by atoms with Gasteiger partial charge in [0.1, 0.15) is 0 Å². The lowest BCUT2D eigenvalue weighted by atomic mass is 9.63. The standard InChI is InChI=1S/C17H27NO/c1-13(2)11-14-5-7-15(8-6-14)16(18-3)17(12-19)9-4-10-17/h5-8,13,16,18-19H,4,9-12H2,1-3H3. The lowest BCUT2D eigenvalue weighted by Gasteiger charge is -2.46. The highest BCUT2D eigenvalue weighted by Gasteiger charge is 2.43. The second-order valence-electron chi connectivity index (χ2n) is 6.44. The molecule has 1 atom stereocenters. The van der Waals surface area contributed by atoms with Gasteiger partial charge in [0.2, 0.25) is 0 Å². The Morgan fingerprint density at radius 3 is 2.21 bits per heavy atom. The van der Waals surface area contributed by atoms with Crippen molar-refractivity contribution in [1.82, 2.24) is 5.32 Å². The number of hydrogen-bond acceptors (Lipinski definition) is 2. The van der Waals surface area contributed by atoms with Crippen molar-refractivity contribution in [2.24, 2.45) is 11.3 Å². The maximum Gasteiger partial charge on any atom is 0.0505 e. The van der Waals surface area contributed by atoms with E-state index >= 15 is 0 Å². The number of aliphatic hydroxyl groups excluding tert-OH is 1. The van der Waals surface area contributed by atoms with Crippen LogP contribution in [0.25, 0.3) is 0 Å². The molecular weight excluding hydrogens is 234 g/mol. The average Bonchev–Trinajstić information content (AvgIpc) is 2.34. The van der Waals surface area contributed by atoms with Crippen molar-refractivity contribution in [2.45, 2.75) is 45.6 Å². The Balaban J connectivity index is 2.15. The van der Waals surface area contributed by atoms with Gasteiger partial charge in [-0.25, -0.2) is 0 Å². The van der Waals surface area contributed by atoms with E-state index in [0.717, 1.165) is 19.3 Å². The van der Waals surface area contributed by atoms with Gasteiger partial charge in [0.05, 0.1) is 6.61 Å². The molecule has 0 bridgehead atoms. The number of hydrogen-bond donors (Lipinski definition) is 2. The lowest BCUT2D eigenvalue weighted by Crippen LogP contribution is -2.44. The summed E-state index contributed by atoms with van der Waals surface area (Å²) in [6, 6.07) is 9.22. The van der Waals surface area contributed by atoms with Gasteiger partial charge in [-0.1, -0.05) is 44.5 Å². The second-order valence-corrected chi connectivity index (χ2v) is 6.44. The molecule has 2 heteroatoms. The Labute approximate surface area is 117 Å². The SMILES string of the molecule is CNC(c1ccc(CC(C)C)cc1)C1(CO)CCC1. The van der Waals surface area contributed by atoms with Gasteiger partial charge >= 0.3 is 0 Å². The number of nitrogens with one attached hydrogen (secondary N) is 1. The van der Waals surface area contributed by atoms with Crippen LogP contribution in [0.4, 0.5) is 0 Å². The smallest absolute Gasteiger partial charge is 0.0505 e. The van der Waals surface area contributed by atoms with Gasteiger partial charge in [-0.15, -0.1) is 0 Å². The van der Waals surface area contributed by atoms with E-state index in [1.54, 1.807) is 0 Å². The first-order chi connectivity index (χ1) is 9.11. The third-order valence-electron chi connectivity index (χ3n) is 4.52. The highest BCUT2D eigenvalue weighted by atomic mass is 16.3. The molecule has 0 saturated heterocycles. The van der Waals surface area contributed by atoms with Crippen LogP contribution in [-0.2, 0) is 6.42 Å². The quantitative estimate of drug-likeness (QED) is 0.823. The van der Waals surface area contributed by atoms with Gasteiger partial charge in [-0.05, 0) is 43.4 Å². The van der Waals surface area contributed by atoms with Crippen molar-refractivity contribution in [3.05, 3.63) is 35.4 Å². The van der Waals surface area contributed by atoms with Crippen molar-refractivity contribution in [3.63, 3.8) is 0 Å². The summed E-state index contributed by atoms with van der Waals surface area (Å²) in [5.41, 5.74) is 2.78. The maximum atomic E-state index is 9.73. The minimum Gasteiger partial charge on any atom is -0.396 e. The third kappa shape index (κ3) is 3.01. The van der Waals surface area contributed by atoms with Gasteiger partial charge in [0.25, 0.3) is 0 Å². The molecule has 0 spiro atoms. The Bertz CT molecular complexity index is 387. The summed E-state index contributed by atoms with van der Waals surface area (Å²) in [5, 5.41) is 13.1. The van der Waals surface area contributed by atoms with Crippen molar-refractivity contribution < 1.29 is 5.11 Å². The van der Waals surface area contributed by atoms with E-state index in [0.29, 0.717) is 5.92 Å². The van der Waals surface area contributed by atoms with E-state index in [1.807, 2.05) is 7.05 Å². The summed E-state index contributed by atoms with van der Waals surface area (Å²) in [6.07, 6.45) is 4.63. The number of benzene rings is 1. The van der Waals surface area contributed by atoms with Crippen molar-refractivity contribution in [2.75, 3.05) is 13.7 Å². The molecule has 1 unspecified atom stereocenters. The zero-order chi connectivity index (χ0) is 13.9. The molecule has 1 saturated carbocycles. The molecule has 2 rings (SSSR count). The summed E-state index contributed by atoms with van der Waals surface area (Å²) in [4.78, 5) is 0. The van der Waals surface area contributed by atoms with E-state index in [9.17, 15) is 5.11 Å². The zero-order valence-corrected chi connectivity index (χ0v) is 12.4. The maximum absolute atomic E-state index is 9.73. The average molecular weight is 261 g/mol. The van der Waals surface area contributed by atoms with E-state index in [1.165, 1.54) is 17.5 Å². The van der Waals surface area contributed by atoms with Crippen LogP contribution < -0.4 is 5.32 Å². The second kappa shape index (κ2) is 6.06. The Hall–Kier alpha value is -0.860. The molecule has 19 heavy (non-hydrogen) atoms. The van der Waals surface area contributed by atoms with Crippen LogP contribution in [0, 0.1) is 11.3 Å². The predicted molar refractivity (Wildman–Crippen MR) is 80.2 cm³/mol. The summed E-state index contributed by atoms with van der Waals surface area (Å²) < 4.78 is 0. The molecule has 1 fully saturated rings. The molecule has 1 aromatic rings. The topological polar surface area (TPSA) is 32.3 Å². The molecule has 0 amide bonds. The van der Waals surface area contributed by atoms with Gasteiger partial charge in [0.15, 0.2) is 0 Å². The van der Waals surface area contributed by atoms with E-state index in [4.69, 9.17) is 0 Å². The predicted octanol–water partition coefficient (Wildman–Crippen LogP) is 3.31. The summed E-state index contributed by atoms with van der Waals surface area (Å²) in [7, 11) is 2.00. The van der Waals surface area contributed by atoms with Crippen LogP contribution in [0.1, 0.15) is 50.3 Å². The molecule has 1 aromatic carbocycles. The molecule has 2 nitrogen and oxygen atoms in total. The van der Waals surface area contributed by atoms with Crippen LogP contribution in [0.15, 0.2) is 24.3 Å². The van der Waals surface area contributed by atoms with Gasteiger partial charge in [-0.3, -0.25) is 0 Å². The molecule has 0 aliphatic heterocycles. The first kappa shape index (κ1) is 14.5. The number of aliphatic hydroxyl groups is 1.